The Morgan fingerprint density at radius 1 is 1.36 bits per heavy atom. The summed E-state index contributed by atoms with van der Waals surface area (Å²) in [4.78, 5) is 2.09. The summed E-state index contributed by atoms with van der Waals surface area (Å²) < 4.78 is 40.1. The van der Waals surface area contributed by atoms with Crippen LogP contribution in [0.5, 0.6) is 0 Å². The molecule has 0 aliphatic carbocycles. The van der Waals surface area contributed by atoms with Crippen molar-refractivity contribution in [3.8, 4) is 0 Å². The average Bonchev–Trinajstić information content (AvgIpc) is 2.45. The van der Waals surface area contributed by atoms with Gasteiger partial charge < -0.3 is 5.32 Å². The second kappa shape index (κ2) is 7.02. The molecule has 1 atom stereocenters. The van der Waals surface area contributed by atoms with Crippen LogP contribution in [0.25, 0.3) is 0 Å². The number of nitrogens with one attached hydrogen (secondary N) is 1. The SMILES string of the molecule is C=C(C)C[C@@H](c1ccc(Cl)cc1C(F)(F)F)N1CCNCC1. The molecule has 6 heteroatoms. The Balaban J connectivity index is 2.44. The van der Waals surface area contributed by atoms with Crippen LogP contribution in [0.4, 0.5) is 13.2 Å². The first kappa shape index (κ1) is 17.3. The van der Waals surface area contributed by atoms with Crippen molar-refractivity contribution in [2.75, 3.05) is 26.2 Å². The van der Waals surface area contributed by atoms with Crippen LogP contribution in [0.15, 0.2) is 30.4 Å². The predicted octanol–water partition coefficient (Wildman–Crippen LogP) is 4.27. The van der Waals surface area contributed by atoms with E-state index < -0.39 is 11.7 Å². The quantitative estimate of drug-likeness (QED) is 0.828. The normalized spacial score (nSPS) is 18.2. The van der Waals surface area contributed by atoms with E-state index >= 15 is 0 Å². The first-order valence-electron chi connectivity index (χ1n) is 7.25. The van der Waals surface area contributed by atoms with E-state index in [0.29, 0.717) is 6.42 Å². The van der Waals surface area contributed by atoms with Gasteiger partial charge >= 0.3 is 6.18 Å². The lowest BCUT2D eigenvalue weighted by atomic mass is 9.93. The van der Waals surface area contributed by atoms with Gasteiger partial charge in [-0.1, -0.05) is 23.2 Å². The molecule has 0 saturated carbocycles. The van der Waals surface area contributed by atoms with Gasteiger partial charge in [0.05, 0.1) is 5.56 Å². The minimum absolute atomic E-state index is 0.102. The van der Waals surface area contributed by atoms with Crippen molar-refractivity contribution in [1.29, 1.82) is 0 Å². The van der Waals surface area contributed by atoms with E-state index in [1.807, 2.05) is 6.92 Å². The molecule has 22 heavy (non-hydrogen) atoms. The maximum Gasteiger partial charge on any atom is 0.416 e. The predicted molar refractivity (Wildman–Crippen MR) is 83.1 cm³/mol. The lowest BCUT2D eigenvalue weighted by molar-refractivity contribution is -0.138. The smallest absolute Gasteiger partial charge is 0.314 e. The number of hydrogen-bond acceptors (Lipinski definition) is 2. The summed E-state index contributed by atoms with van der Waals surface area (Å²) in [5, 5.41) is 3.32. The Morgan fingerprint density at radius 3 is 2.55 bits per heavy atom. The summed E-state index contributed by atoms with van der Waals surface area (Å²) in [6.45, 7) is 8.72. The van der Waals surface area contributed by atoms with Crippen LogP contribution in [0.2, 0.25) is 5.02 Å². The molecular weight excluding hydrogens is 313 g/mol. The van der Waals surface area contributed by atoms with Gasteiger partial charge in [-0.3, -0.25) is 4.90 Å². The Bertz CT molecular complexity index is 537. The van der Waals surface area contributed by atoms with Crippen LogP contribution in [0.1, 0.15) is 30.5 Å². The van der Waals surface area contributed by atoms with E-state index in [2.05, 4.69) is 16.8 Å². The standard InChI is InChI=1S/C16H20ClF3N2/c1-11(2)9-15(22-7-5-21-6-8-22)13-4-3-12(17)10-14(13)16(18,19)20/h3-4,10,15,21H,1,5-9H2,2H3/t15-/m0/s1. The van der Waals surface area contributed by atoms with Gasteiger partial charge in [0.2, 0.25) is 0 Å². The molecule has 1 fully saturated rings. The minimum Gasteiger partial charge on any atom is -0.314 e. The number of halogens is 4. The topological polar surface area (TPSA) is 15.3 Å². The van der Waals surface area contributed by atoms with Crippen LogP contribution >= 0.6 is 11.6 Å². The third kappa shape index (κ3) is 4.24. The highest BCUT2D eigenvalue weighted by Crippen LogP contribution is 2.39. The molecule has 2 rings (SSSR count). The summed E-state index contributed by atoms with van der Waals surface area (Å²) in [5.74, 6) is 0. The number of benzene rings is 1. The van der Waals surface area contributed by atoms with E-state index in [9.17, 15) is 13.2 Å². The van der Waals surface area contributed by atoms with Crippen molar-refractivity contribution >= 4 is 11.6 Å². The fraction of sp³-hybridized carbons (Fsp3) is 0.500. The maximum absolute atomic E-state index is 13.4. The first-order chi connectivity index (χ1) is 10.3. The van der Waals surface area contributed by atoms with E-state index in [1.54, 1.807) is 0 Å². The average molecular weight is 333 g/mol. The molecule has 0 bridgehead atoms. The number of rotatable bonds is 4. The second-order valence-corrected chi connectivity index (χ2v) is 6.13. The molecule has 0 radical (unpaired) electrons. The van der Waals surface area contributed by atoms with Gasteiger partial charge in [0.15, 0.2) is 0 Å². The van der Waals surface area contributed by atoms with Crippen LogP contribution in [-0.4, -0.2) is 31.1 Å². The lowest BCUT2D eigenvalue weighted by Crippen LogP contribution is -2.45. The monoisotopic (exact) mass is 332 g/mol. The van der Waals surface area contributed by atoms with Gasteiger partial charge in [-0.2, -0.15) is 13.2 Å². The molecule has 1 aromatic rings. The zero-order chi connectivity index (χ0) is 16.3. The maximum atomic E-state index is 13.4. The zero-order valence-electron chi connectivity index (χ0n) is 12.5. The van der Waals surface area contributed by atoms with Crippen molar-refractivity contribution in [2.45, 2.75) is 25.6 Å². The van der Waals surface area contributed by atoms with Crippen LogP contribution in [0.3, 0.4) is 0 Å². The second-order valence-electron chi connectivity index (χ2n) is 5.69. The van der Waals surface area contributed by atoms with Crippen LogP contribution < -0.4 is 5.32 Å². The molecular formula is C16H20ClF3N2. The largest absolute Gasteiger partial charge is 0.416 e. The van der Waals surface area contributed by atoms with Crippen molar-refractivity contribution in [1.82, 2.24) is 10.2 Å². The highest BCUT2D eigenvalue weighted by atomic mass is 35.5. The molecule has 1 aromatic carbocycles. The Morgan fingerprint density at radius 2 is 2.00 bits per heavy atom. The number of piperazine rings is 1. The number of alkyl halides is 3. The molecule has 0 amide bonds. The van der Waals surface area contributed by atoms with Gasteiger partial charge in [0, 0.05) is 37.2 Å². The highest BCUT2D eigenvalue weighted by molar-refractivity contribution is 6.30. The lowest BCUT2D eigenvalue weighted by Gasteiger charge is -2.36. The Labute approximate surface area is 133 Å². The first-order valence-corrected chi connectivity index (χ1v) is 7.62. The third-order valence-electron chi connectivity index (χ3n) is 3.81. The highest BCUT2D eigenvalue weighted by Gasteiger charge is 2.37. The molecule has 122 valence electrons. The summed E-state index contributed by atoms with van der Waals surface area (Å²) in [5.41, 5.74) is 0.498. The molecule has 1 aliphatic heterocycles. The summed E-state index contributed by atoms with van der Waals surface area (Å²) >= 11 is 5.78. The minimum atomic E-state index is -4.42. The third-order valence-corrected chi connectivity index (χ3v) is 4.05. The summed E-state index contributed by atoms with van der Waals surface area (Å²) in [7, 11) is 0. The van der Waals surface area contributed by atoms with Gasteiger partial charge in [-0.15, -0.1) is 6.58 Å². The van der Waals surface area contributed by atoms with Crippen molar-refractivity contribution in [3.63, 3.8) is 0 Å². The van der Waals surface area contributed by atoms with Crippen molar-refractivity contribution in [2.24, 2.45) is 0 Å². The summed E-state index contributed by atoms with van der Waals surface area (Å²) in [6, 6.07) is 3.72. The van der Waals surface area contributed by atoms with E-state index in [-0.39, 0.29) is 16.6 Å². The van der Waals surface area contributed by atoms with Crippen LogP contribution in [0, 0.1) is 0 Å². The van der Waals surface area contributed by atoms with E-state index in [0.717, 1.165) is 37.8 Å². The zero-order valence-corrected chi connectivity index (χ0v) is 13.3. The Hall–Kier alpha value is -1.04. The molecule has 1 aliphatic rings. The van der Waals surface area contributed by atoms with Crippen LogP contribution in [-0.2, 0) is 6.18 Å². The summed E-state index contributed by atoms with van der Waals surface area (Å²) in [6.07, 6.45) is -3.91. The van der Waals surface area contributed by atoms with Crippen molar-refractivity contribution in [3.05, 3.63) is 46.5 Å². The molecule has 1 saturated heterocycles. The van der Waals surface area contributed by atoms with Crippen molar-refractivity contribution < 1.29 is 13.2 Å². The number of hydrogen-bond donors (Lipinski definition) is 1. The van der Waals surface area contributed by atoms with E-state index in [4.69, 9.17) is 11.6 Å². The van der Waals surface area contributed by atoms with Gasteiger partial charge in [0.1, 0.15) is 0 Å². The number of nitrogens with zero attached hydrogens (tertiary/aromatic N) is 1. The molecule has 2 nitrogen and oxygen atoms in total. The van der Waals surface area contributed by atoms with Gasteiger partial charge in [0.25, 0.3) is 0 Å². The van der Waals surface area contributed by atoms with Gasteiger partial charge in [-0.05, 0) is 31.0 Å². The molecule has 0 spiro atoms. The van der Waals surface area contributed by atoms with Gasteiger partial charge in [-0.25, -0.2) is 0 Å². The molecule has 0 aromatic heterocycles. The molecule has 1 heterocycles. The van der Waals surface area contributed by atoms with E-state index in [1.165, 1.54) is 12.1 Å². The fourth-order valence-corrected chi connectivity index (χ4v) is 3.00. The fourth-order valence-electron chi connectivity index (χ4n) is 2.82. The molecule has 1 N–H and O–H groups in total. The Kier molecular flexibility index (Phi) is 5.53. The molecule has 0 unspecified atom stereocenters.